The number of aryl methyl sites for hydroxylation is 2. The molecule has 36 heavy (non-hydrogen) atoms. The summed E-state index contributed by atoms with van der Waals surface area (Å²) in [6.07, 6.45) is 13.4. The highest BCUT2D eigenvalue weighted by Crippen LogP contribution is 2.14. The molecule has 1 heteroatoms. The summed E-state index contributed by atoms with van der Waals surface area (Å²) in [7, 11) is 0. The lowest BCUT2D eigenvalue weighted by atomic mass is 10.0. The lowest BCUT2D eigenvalue weighted by Gasteiger charge is -2.02. The normalized spacial score (nSPS) is 10.3. The Morgan fingerprint density at radius 2 is 0.944 bits per heavy atom. The predicted octanol–water partition coefficient (Wildman–Crippen LogP) is 9.26. The van der Waals surface area contributed by atoms with Crippen LogP contribution in [-0.4, -0.2) is 0 Å². The van der Waals surface area contributed by atoms with Crippen molar-refractivity contribution in [1.29, 1.82) is 0 Å². The predicted molar refractivity (Wildman–Crippen MR) is 152 cm³/mol. The van der Waals surface area contributed by atoms with E-state index in [2.05, 4.69) is 61.8 Å². The zero-order valence-corrected chi connectivity index (χ0v) is 22.0. The van der Waals surface area contributed by atoms with Crippen molar-refractivity contribution in [2.75, 3.05) is 0 Å². The fourth-order valence-electron chi connectivity index (χ4n) is 4.18. The molecule has 0 aliphatic rings. The third kappa shape index (κ3) is 9.76. The second kappa shape index (κ2) is 15.7. The van der Waals surface area contributed by atoms with Gasteiger partial charge in [0.1, 0.15) is 5.82 Å². The largest absolute Gasteiger partial charge is 0.206 e. The van der Waals surface area contributed by atoms with Crippen molar-refractivity contribution in [2.45, 2.75) is 84.5 Å². The maximum Gasteiger partial charge on any atom is 0.139 e. The maximum absolute atomic E-state index is 14.5. The number of rotatable bonds is 11. The molecule has 0 fully saturated rings. The van der Waals surface area contributed by atoms with E-state index in [0.717, 1.165) is 41.5 Å². The van der Waals surface area contributed by atoms with Gasteiger partial charge in [-0.05, 0) is 85.3 Å². The number of benzene rings is 3. The van der Waals surface area contributed by atoms with E-state index in [1.165, 1.54) is 56.9 Å². The van der Waals surface area contributed by atoms with Crippen molar-refractivity contribution in [1.82, 2.24) is 0 Å². The third-order valence-corrected chi connectivity index (χ3v) is 6.45. The molecule has 0 saturated heterocycles. The van der Waals surface area contributed by atoms with Crippen LogP contribution in [0.5, 0.6) is 0 Å². The van der Waals surface area contributed by atoms with Crippen LogP contribution in [0.25, 0.3) is 0 Å². The molecular formula is C35H39F. The highest BCUT2D eigenvalue weighted by Gasteiger charge is 2.02. The van der Waals surface area contributed by atoms with E-state index < -0.39 is 0 Å². The van der Waals surface area contributed by atoms with Gasteiger partial charge in [-0.2, -0.15) is 0 Å². The van der Waals surface area contributed by atoms with Crippen LogP contribution in [0.4, 0.5) is 4.39 Å². The number of hydrogen-bond donors (Lipinski definition) is 0. The minimum atomic E-state index is -0.236. The average Bonchev–Trinajstić information content (AvgIpc) is 2.90. The first-order valence-electron chi connectivity index (χ1n) is 13.7. The number of halogens is 1. The van der Waals surface area contributed by atoms with Crippen LogP contribution < -0.4 is 0 Å². The molecule has 0 heterocycles. The molecule has 0 spiro atoms. The monoisotopic (exact) mass is 478 g/mol. The highest BCUT2D eigenvalue weighted by atomic mass is 19.1. The number of hydrogen-bond acceptors (Lipinski definition) is 0. The Bertz CT molecular complexity index is 1180. The molecule has 0 aliphatic carbocycles. The van der Waals surface area contributed by atoms with E-state index in [1.807, 2.05) is 30.3 Å². The Morgan fingerprint density at radius 3 is 1.50 bits per heavy atom. The molecule has 0 aromatic heterocycles. The van der Waals surface area contributed by atoms with Gasteiger partial charge in [0, 0.05) is 16.7 Å². The van der Waals surface area contributed by atoms with Gasteiger partial charge in [-0.15, -0.1) is 0 Å². The summed E-state index contributed by atoms with van der Waals surface area (Å²) in [4.78, 5) is 0. The van der Waals surface area contributed by atoms with E-state index in [0.29, 0.717) is 5.56 Å². The summed E-state index contributed by atoms with van der Waals surface area (Å²) in [6.45, 7) is 4.45. The van der Waals surface area contributed by atoms with Gasteiger partial charge < -0.3 is 0 Å². The Balaban J connectivity index is 1.52. The Morgan fingerprint density at radius 1 is 0.500 bits per heavy atom. The van der Waals surface area contributed by atoms with Crippen molar-refractivity contribution in [2.24, 2.45) is 0 Å². The van der Waals surface area contributed by atoms with Gasteiger partial charge in [0.25, 0.3) is 0 Å². The zero-order valence-electron chi connectivity index (χ0n) is 22.0. The van der Waals surface area contributed by atoms with Crippen molar-refractivity contribution in [3.05, 3.63) is 106 Å². The van der Waals surface area contributed by atoms with Crippen LogP contribution in [0, 0.1) is 29.5 Å². The topological polar surface area (TPSA) is 0 Å². The lowest BCUT2D eigenvalue weighted by molar-refractivity contribution is 0.618. The molecule has 3 rings (SSSR count). The fourth-order valence-corrected chi connectivity index (χ4v) is 4.18. The molecule has 0 atom stereocenters. The van der Waals surface area contributed by atoms with Gasteiger partial charge in [0.05, 0.1) is 5.56 Å². The maximum atomic E-state index is 14.5. The van der Waals surface area contributed by atoms with Gasteiger partial charge in [-0.3, -0.25) is 0 Å². The molecule has 0 saturated carbocycles. The van der Waals surface area contributed by atoms with Crippen LogP contribution >= 0.6 is 0 Å². The number of unbranched alkanes of at least 4 members (excludes halogenated alkanes) is 7. The van der Waals surface area contributed by atoms with E-state index in [1.54, 1.807) is 12.1 Å². The van der Waals surface area contributed by atoms with Crippen LogP contribution in [0.15, 0.2) is 66.7 Å². The summed E-state index contributed by atoms with van der Waals surface area (Å²) < 4.78 is 14.5. The molecule has 3 aromatic carbocycles. The van der Waals surface area contributed by atoms with Crippen LogP contribution in [0.2, 0.25) is 0 Å². The Kier molecular flexibility index (Phi) is 11.9. The molecule has 0 nitrogen and oxygen atoms in total. The van der Waals surface area contributed by atoms with Gasteiger partial charge in [0.2, 0.25) is 0 Å². The van der Waals surface area contributed by atoms with E-state index >= 15 is 0 Å². The Hall–Kier alpha value is -3.29. The molecule has 0 unspecified atom stereocenters. The molecule has 186 valence electrons. The van der Waals surface area contributed by atoms with Crippen LogP contribution in [-0.2, 0) is 12.8 Å². The molecule has 0 N–H and O–H groups in total. The van der Waals surface area contributed by atoms with Crippen LogP contribution in [0.3, 0.4) is 0 Å². The average molecular weight is 479 g/mol. The van der Waals surface area contributed by atoms with Crippen molar-refractivity contribution in [3.63, 3.8) is 0 Å². The van der Waals surface area contributed by atoms with E-state index in [-0.39, 0.29) is 5.82 Å². The molecule has 3 aromatic rings. The van der Waals surface area contributed by atoms with Crippen molar-refractivity contribution < 1.29 is 4.39 Å². The summed E-state index contributed by atoms with van der Waals surface area (Å²) in [5, 5.41) is 0. The lowest BCUT2D eigenvalue weighted by Crippen LogP contribution is -1.90. The minimum Gasteiger partial charge on any atom is -0.206 e. The SMILES string of the molecule is CCCCCCCc1ccc(C#Cc2ccc(C#Cc3ccc(CCCCCC)cc3F)cc2)cc1. The van der Waals surface area contributed by atoms with Gasteiger partial charge in [0.15, 0.2) is 0 Å². The molecule has 0 aliphatic heterocycles. The molecule has 0 bridgehead atoms. The van der Waals surface area contributed by atoms with Gasteiger partial charge in [-0.1, -0.05) is 101 Å². The smallest absolute Gasteiger partial charge is 0.139 e. The first kappa shape index (κ1) is 27.3. The standard InChI is InChI=1S/C35H39F/c1-3-5-7-9-11-12-29-14-16-30(17-15-29)18-19-31-20-22-32(23-21-31)24-26-34-27-25-33(28-35(34)36)13-10-8-6-4-2/h14-17,20-23,25,27-28H,3-13H2,1-2H3. The van der Waals surface area contributed by atoms with Crippen LogP contribution in [0.1, 0.15) is 105 Å². The second-order valence-corrected chi connectivity index (χ2v) is 9.56. The zero-order chi connectivity index (χ0) is 25.4. The highest BCUT2D eigenvalue weighted by molar-refractivity contribution is 5.48. The minimum absolute atomic E-state index is 0.236. The third-order valence-electron chi connectivity index (χ3n) is 6.45. The first-order valence-corrected chi connectivity index (χ1v) is 13.7. The van der Waals surface area contributed by atoms with E-state index in [4.69, 9.17) is 0 Å². The fraction of sp³-hybridized carbons (Fsp3) is 0.371. The molecular weight excluding hydrogens is 439 g/mol. The summed E-state index contributed by atoms with van der Waals surface area (Å²) in [5.41, 5.74) is 5.71. The van der Waals surface area contributed by atoms with E-state index in [9.17, 15) is 4.39 Å². The first-order chi connectivity index (χ1) is 17.7. The Labute approximate surface area is 218 Å². The second-order valence-electron chi connectivity index (χ2n) is 9.56. The quantitative estimate of drug-likeness (QED) is 0.190. The summed E-state index contributed by atoms with van der Waals surface area (Å²) >= 11 is 0. The summed E-state index contributed by atoms with van der Waals surface area (Å²) in [6, 6.07) is 21.9. The van der Waals surface area contributed by atoms with Gasteiger partial charge in [-0.25, -0.2) is 4.39 Å². The van der Waals surface area contributed by atoms with Crippen molar-refractivity contribution >= 4 is 0 Å². The van der Waals surface area contributed by atoms with Gasteiger partial charge >= 0.3 is 0 Å². The van der Waals surface area contributed by atoms with Crippen molar-refractivity contribution in [3.8, 4) is 23.7 Å². The molecule has 0 amide bonds. The molecule has 0 radical (unpaired) electrons. The summed E-state index contributed by atoms with van der Waals surface area (Å²) in [5.74, 6) is 12.3.